The Morgan fingerprint density at radius 3 is 2.28 bits per heavy atom. The van der Waals surface area contributed by atoms with Crippen molar-refractivity contribution in [2.45, 2.75) is 31.6 Å². The minimum Gasteiger partial charge on any atom is -0.416 e. The van der Waals surface area contributed by atoms with E-state index in [1.807, 2.05) is 49.4 Å². The molecule has 1 saturated carbocycles. The summed E-state index contributed by atoms with van der Waals surface area (Å²) in [5.41, 5.74) is 4.78. The van der Waals surface area contributed by atoms with Crippen molar-refractivity contribution in [2.75, 3.05) is 6.54 Å². The molecule has 32 heavy (non-hydrogen) atoms. The Kier molecular flexibility index (Phi) is 5.31. The molecule has 160 valence electrons. The van der Waals surface area contributed by atoms with Crippen molar-refractivity contribution in [3.05, 3.63) is 95.6 Å². The standard InChI is InChI=1S/C27H25N3O2/c1-19-8-5-6-11-23(19)26-30-29-25(32-26)21-14-12-20(13-15-21)24(31)28-18-27(16-7-17-27)22-9-3-2-4-10-22/h2-6,8-15H,7,16-18H2,1H3,(H,28,31). The third kappa shape index (κ3) is 3.82. The van der Waals surface area contributed by atoms with Crippen LogP contribution in [0.15, 0.2) is 83.3 Å². The van der Waals surface area contributed by atoms with Crippen LogP contribution in [0, 0.1) is 6.92 Å². The van der Waals surface area contributed by atoms with E-state index in [9.17, 15) is 4.79 Å². The van der Waals surface area contributed by atoms with Gasteiger partial charge < -0.3 is 9.73 Å². The van der Waals surface area contributed by atoms with Gasteiger partial charge in [0.15, 0.2) is 0 Å². The molecule has 0 radical (unpaired) electrons. The van der Waals surface area contributed by atoms with E-state index in [2.05, 4.69) is 39.8 Å². The summed E-state index contributed by atoms with van der Waals surface area (Å²) < 4.78 is 5.88. The molecule has 0 spiro atoms. The van der Waals surface area contributed by atoms with E-state index in [-0.39, 0.29) is 11.3 Å². The molecule has 1 aliphatic carbocycles. The fourth-order valence-corrected chi connectivity index (χ4v) is 4.34. The van der Waals surface area contributed by atoms with Crippen molar-refractivity contribution in [3.8, 4) is 22.9 Å². The van der Waals surface area contributed by atoms with Crippen molar-refractivity contribution in [1.82, 2.24) is 15.5 Å². The molecule has 4 aromatic rings. The molecule has 0 atom stereocenters. The number of benzene rings is 3. The smallest absolute Gasteiger partial charge is 0.251 e. The van der Waals surface area contributed by atoms with Crippen LogP contribution in [-0.4, -0.2) is 22.6 Å². The molecule has 1 amide bonds. The van der Waals surface area contributed by atoms with Gasteiger partial charge in [0.1, 0.15) is 0 Å². The number of carbonyl (C=O) groups is 1. The van der Waals surface area contributed by atoms with Crippen LogP contribution in [0.2, 0.25) is 0 Å². The highest BCUT2D eigenvalue weighted by molar-refractivity contribution is 5.94. The van der Waals surface area contributed by atoms with Gasteiger partial charge in [-0.05, 0) is 61.2 Å². The van der Waals surface area contributed by atoms with Crippen LogP contribution < -0.4 is 5.32 Å². The molecule has 1 heterocycles. The predicted molar refractivity (Wildman–Crippen MR) is 124 cm³/mol. The summed E-state index contributed by atoms with van der Waals surface area (Å²) in [6.07, 6.45) is 3.42. The van der Waals surface area contributed by atoms with E-state index in [1.54, 1.807) is 12.1 Å². The molecule has 1 aromatic heterocycles. The van der Waals surface area contributed by atoms with Crippen LogP contribution in [0.3, 0.4) is 0 Å². The second kappa shape index (κ2) is 8.42. The van der Waals surface area contributed by atoms with Gasteiger partial charge in [0.25, 0.3) is 5.91 Å². The summed E-state index contributed by atoms with van der Waals surface area (Å²) in [6.45, 7) is 2.67. The lowest BCUT2D eigenvalue weighted by molar-refractivity contribution is 0.0928. The van der Waals surface area contributed by atoms with Gasteiger partial charge in [0.2, 0.25) is 11.8 Å². The van der Waals surface area contributed by atoms with Crippen LogP contribution in [0.1, 0.15) is 40.7 Å². The third-order valence-electron chi connectivity index (χ3n) is 6.48. The lowest BCUT2D eigenvalue weighted by Crippen LogP contribution is -2.45. The van der Waals surface area contributed by atoms with E-state index >= 15 is 0 Å². The molecule has 5 nitrogen and oxygen atoms in total. The zero-order chi connectivity index (χ0) is 22.0. The number of nitrogens with one attached hydrogen (secondary N) is 1. The molecule has 0 aliphatic heterocycles. The minimum absolute atomic E-state index is 0.0621. The van der Waals surface area contributed by atoms with Crippen LogP contribution in [-0.2, 0) is 5.41 Å². The van der Waals surface area contributed by atoms with E-state index in [0.29, 0.717) is 23.9 Å². The number of amides is 1. The van der Waals surface area contributed by atoms with Crippen LogP contribution in [0.25, 0.3) is 22.9 Å². The number of aromatic nitrogens is 2. The molecule has 0 saturated heterocycles. The van der Waals surface area contributed by atoms with E-state index in [4.69, 9.17) is 4.42 Å². The first-order valence-corrected chi connectivity index (χ1v) is 11.0. The van der Waals surface area contributed by atoms with Gasteiger partial charge in [0, 0.05) is 28.7 Å². The largest absolute Gasteiger partial charge is 0.416 e. The fourth-order valence-electron chi connectivity index (χ4n) is 4.34. The van der Waals surface area contributed by atoms with Crippen molar-refractivity contribution >= 4 is 5.91 Å². The maximum absolute atomic E-state index is 12.8. The van der Waals surface area contributed by atoms with Gasteiger partial charge in [-0.25, -0.2) is 0 Å². The van der Waals surface area contributed by atoms with Gasteiger partial charge in [-0.3, -0.25) is 4.79 Å². The second-order valence-electron chi connectivity index (χ2n) is 8.49. The van der Waals surface area contributed by atoms with Crippen molar-refractivity contribution in [1.29, 1.82) is 0 Å². The first kappa shape index (κ1) is 20.2. The molecule has 5 heteroatoms. The van der Waals surface area contributed by atoms with E-state index < -0.39 is 0 Å². The average molecular weight is 424 g/mol. The predicted octanol–water partition coefficient (Wildman–Crippen LogP) is 5.56. The summed E-state index contributed by atoms with van der Waals surface area (Å²) in [5.74, 6) is 0.865. The molecule has 0 unspecified atom stereocenters. The highest BCUT2D eigenvalue weighted by atomic mass is 16.4. The molecule has 0 bridgehead atoms. The summed E-state index contributed by atoms with van der Waals surface area (Å²) >= 11 is 0. The number of hydrogen-bond donors (Lipinski definition) is 1. The van der Waals surface area contributed by atoms with Crippen molar-refractivity contribution in [2.24, 2.45) is 0 Å². The highest BCUT2D eigenvalue weighted by Gasteiger charge is 2.38. The summed E-state index contributed by atoms with van der Waals surface area (Å²) in [4.78, 5) is 12.8. The van der Waals surface area contributed by atoms with Gasteiger partial charge in [0.05, 0.1) is 0 Å². The fraction of sp³-hybridized carbons (Fsp3) is 0.222. The molecule has 1 N–H and O–H groups in total. The van der Waals surface area contributed by atoms with Crippen LogP contribution >= 0.6 is 0 Å². The Morgan fingerprint density at radius 1 is 0.906 bits per heavy atom. The van der Waals surface area contributed by atoms with Crippen LogP contribution in [0.5, 0.6) is 0 Å². The number of rotatable bonds is 6. The number of hydrogen-bond acceptors (Lipinski definition) is 4. The summed E-state index contributed by atoms with van der Waals surface area (Å²) in [6, 6.07) is 25.7. The zero-order valence-electron chi connectivity index (χ0n) is 18.0. The summed E-state index contributed by atoms with van der Waals surface area (Å²) in [5, 5.41) is 11.5. The average Bonchev–Trinajstić information content (AvgIpc) is 3.29. The number of nitrogens with zero attached hydrogens (tertiary/aromatic N) is 2. The number of carbonyl (C=O) groups excluding carboxylic acids is 1. The summed E-state index contributed by atoms with van der Waals surface area (Å²) in [7, 11) is 0. The second-order valence-corrected chi connectivity index (χ2v) is 8.49. The normalized spacial score (nSPS) is 14.5. The first-order valence-electron chi connectivity index (χ1n) is 11.0. The van der Waals surface area contributed by atoms with E-state index in [0.717, 1.165) is 29.5 Å². The lowest BCUT2D eigenvalue weighted by Gasteiger charge is -2.42. The monoisotopic (exact) mass is 423 g/mol. The lowest BCUT2D eigenvalue weighted by atomic mass is 9.64. The maximum Gasteiger partial charge on any atom is 0.251 e. The number of aryl methyl sites for hydroxylation is 1. The van der Waals surface area contributed by atoms with Crippen LogP contribution in [0.4, 0.5) is 0 Å². The molecule has 5 rings (SSSR count). The molecule has 1 aliphatic rings. The van der Waals surface area contributed by atoms with Gasteiger partial charge in [-0.15, -0.1) is 10.2 Å². The quantitative estimate of drug-likeness (QED) is 0.441. The Balaban J connectivity index is 1.27. The molecular weight excluding hydrogens is 398 g/mol. The topological polar surface area (TPSA) is 68.0 Å². The van der Waals surface area contributed by atoms with Crippen molar-refractivity contribution in [3.63, 3.8) is 0 Å². The molecule has 1 fully saturated rings. The first-order chi connectivity index (χ1) is 15.6. The Bertz CT molecular complexity index is 1230. The van der Waals surface area contributed by atoms with Gasteiger partial charge >= 0.3 is 0 Å². The molecular formula is C27H25N3O2. The Hall–Kier alpha value is -3.73. The van der Waals surface area contributed by atoms with Gasteiger partial charge in [-0.1, -0.05) is 55.0 Å². The Labute approximate surface area is 187 Å². The SMILES string of the molecule is Cc1ccccc1-c1nnc(-c2ccc(C(=O)NCC3(c4ccccc4)CCC3)cc2)o1. The Morgan fingerprint density at radius 2 is 1.59 bits per heavy atom. The van der Waals surface area contributed by atoms with Gasteiger partial charge in [-0.2, -0.15) is 0 Å². The zero-order valence-corrected chi connectivity index (χ0v) is 18.0. The minimum atomic E-state index is -0.0649. The third-order valence-corrected chi connectivity index (χ3v) is 6.48. The highest BCUT2D eigenvalue weighted by Crippen LogP contribution is 2.43. The molecule has 3 aromatic carbocycles. The maximum atomic E-state index is 12.8. The van der Waals surface area contributed by atoms with E-state index in [1.165, 1.54) is 12.0 Å². The van der Waals surface area contributed by atoms with Crippen molar-refractivity contribution < 1.29 is 9.21 Å².